The van der Waals surface area contributed by atoms with Crippen LogP contribution in [-0.4, -0.2) is 142 Å². The van der Waals surface area contributed by atoms with Crippen LogP contribution in [-0.2, 0) is 33.2 Å². The summed E-state index contributed by atoms with van der Waals surface area (Å²) in [7, 11) is 0. The fourth-order valence-corrected chi connectivity index (χ4v) is 7.28. The lowest BCUT2D eigenvalue weighted by atomic mass is 9.98. The number of ether oxygens (including phenoxy) is 6. The van der Waals surface area contributed by atoms with Crippen molar-refractivity contribution >= 4 is 5.97 Å². The molecule has 0 aromatic rings. The largest absolute Gasteiger partial charge is 0.457 e. The topological polar surface area (TPSA) is 214 Å². The standard InChI is InChI=1S/C46H84O14/c1-3-5-7-9-11-13-15-16-17-18-19-20-22-24-26-28-30-55-32-35(58-38(48)29-27-25-23-21-14-12-10-8-6-4-2)33-56-45-44(54)42(52)40(50)37(60-45)34-57-46-43(53)41(51)39(49)36(31-47)59-46/h8,10,16-17,35-37,39-47,49-54H,3-7,9,11-15,18-34H2,1-2H3/b10-8-,17-16-. The zero-order valence-corrected chi connectivity index (χ0v) is 36.9. The van der Waals surface area contributed by atoms with Crippen LogP contribution in [0.15, 0.2) is 24.3 Å². The maximum Gasteiger partial charge on any atom is 0.306 e. The second-order valence-electron chi connectivity index (χ2n) is 16.6. The zero-order valence-electron chi connectivity index (χ0n) is 36.9. The van der Waals surface area contributed by atoms with Gasteiger partial charge in [-0.2, -0.15) is 0 Å². The number of hydrogen-bond acceptors (Lipinski definition) is 14. The molecule has 0 bridgehead atoms. The Morgan fingerprint density at radius 2 is 1.02 bits per heavy atom. The van der Waals surface area contributed by atoms with Crippen LogP contribution in [0.2, 0.25) is 0 Å². The van der Waals surface area contributed by atoms with Crippen molar-refractivity contribution in [3.8, 4) is 0 Å². The number of carbonyl (C=O) groups is 1. The molecule has 60 heavy (non-hydrogen) atoms. The van der Waals surface area contributed by atoms with E-state index in [0.29, 0.717) is 13.0 Å². The molecule has 352 valence electrons. The van der Waals surface area contributed by atoms with Gasteiger partial charge in [-0.1, -0.05) is 122 Å². The van der Waals surface area contributed by atoms with Crippen LogP contribution >= 0.6 is 0 Å². The number of aliphatic hydroxyl groups excluding tert-OH is 7. The molecule has 0 aromatic carbocycles. The van der Waals surface area contributed by atoms with Gasteiger partial charge >= 0.3 is 5.97 Å². The first kappa shape index (κ1) is 54.6. The van der Waals surface area contributed by atoms with Gasteiger partial charge in [-0.15, -0.1) is 0 Å². The van der Waals surface area contributed by atoms with E-state index >= 15 is 0 Å². The van der Waals surface area contributed by atoms with E-state index in [1.807, 2.05) is 0 Å². The summed E-state index contributed by atoms with van der Waals surface area (Å²) in [4.78, 5) is 12.9. The van der Waals surface area contributed by atoms with Gasteiger partial charge in [0.25, 0.3) is 0 Å². The summed E-state index contributed by atoms with van der Waals surface area (Å²) < 4.78 is 34.1. The van der Waals surface area contributed by atoms with E-state index in [-0.39, 0.29) is 19.6 Å². The molecule has 2 fully saturated rings. The number of aliphatic hydroxyl groups is 7. The maximum absolute atomic E-state index is 12.9. The molecule has 2 aliphatic rings. The molecule has 2 rings (SSSR count). The molecule has 0 amide bonds. The monoisotopic (exact) mass is 861 g/mol. The Kier molecular flexibility index (Phi) is 31.8. The highest BCUT2D eigenvalue weighted by molar-refractivity contribution is 5.69. The van der Waals surface area contributed by atoms with Crippen molar-refractivity contribution in [2.45, 2.75) is 229 Å². The average molecular weight is 861 g/mol. The molecule has 0 saturated carbocycles. The lowest BCUT2D eigenvalue weighted by molar-refractivity contribution is -0.332. The van der Waals surface area contributed by atoms with E-state index in [1.54, 1.807) is 0 Å². The third-order valence-corrected chi connectivity index (χ3v) is 11.2. The van der Waals surface area contributed by atoms with Gasteiger partial charge in [-0.25, -0.2) is 0 Å². The highest BCUT2D eigenvalue weighted by Crippen LogP contribution is 2.26. The average Bonchev–Trinajstić information content (AvgIpc) is 3.24. The SMILES string of the molecule is CCC/C=C\CCCCCCCC(=O)OC(COCCCCCCCC/C=C\CCCCCCCC)COC1OC(COC2OC(CO)C(O)C(O)C2O)C(O)C(O)C1O. The number of esters is 1. The zero-order chi connectivity index (χ0) is 43.8. The van der Waals surface area contributed by atoms with Crippen LogP contribution in [0.1, 0.15) is 162 Å². The Morgan fingerprint density at radius 1 is 0.533 bits per heavy atom. The van der Waals surface area contributed by atoms with Crippen molar-refractivity contribution in [2.75, 3.05) is 33.0 Å². The van der Waals surface area contributed by atoms with Crippen molar-refractivity contribution in [3.63, 3.8) is 0 Å². The molecule has 0 aromatic heterocycles. The highest BCUT2D eigenvalue weighted by Gasteiger charge is 2.47. The number of carbonyl (C=O) groups excluding carboxylic acids is 1. The second-order valence-corrected chi connectivity index (χ2v) is 16.6. The fraction of sp³-hybridized carbons (Fsp3) is 0.891. The van der Waals surface area contributed by atoms with E-state index in [2.05, 4.69) is 38.2 Å². The van der Waals surface area contributed by atoms with Gasteiger partial charge in [-0.05, 0) is 57.8 Å². The van der Waals surface area contributed by atoms with Crippen LogP contribution in [0.3, 0.4) is 0 Å². The van der Waals surface area contributed by atoms with E-state index in [9.17, 15) is 40.5 Å². The Bertz CT molecular complexity index is 1090. The summed E-state index contributed by atoms with van der Waals surface area (Å²) in [6.45, 7) is 3.58. The summed E-state index contributed by atoms with van der Waals surface area (Å²) in [5.74, 6) is -0.390. The normalized spacial score (nSPS) is 27.9. The molecule has 0 aliphatic carbocycles. The summed E-state index contributed by atoms with van der Waals surface area (Å²) in [6.07, 6.45) is 18.3. The summed E-state index contributed by atoms with van der Waals surface area (Å²) in [6, 6.07) is 0. The molecule has 2 heterocycles. The number of unbranched alkanes of at least 4 members (excludes halogenated alkanes) is 18. The lowest BCUT2D eigenvalue weighted by Crippen LogP contribution is -2.61. The first-order valence-corrected chi connectivity index (χ1v) is 23.4. The molecule has 11 unspecified atom stereocenters. The fourth-order valence-electron chi connectivity index (χ4n) is 7.28. The predicted molar refractivity (Wildman–Crippen MR) is 229 cm³/mol. The molecule has 0 spiro atoms. The Labute approximate surface area is 360 Å². The van der Waals surface area contributed by atoms with Crippen molar-refractivity contribution in [2.24, 2.45) is 0 Å². The number of allylic oxidation sites excluding steroid dienone is 4. The summed E-state index contributed by atoms with van der Waals surface area (Å²) in [5, 5.41) is 71.9. The smallest absolute Gasteiger partial charge is 0.306 e. The minimum Gasteiger partial charge on any atom is -0.457 e. The van der Waals surface area contributed by atoms with E-state index in [1.165, 1.54) is 64.2 Å². The van der Waals surface area contributed by atoms with Crippen molar-refractivity contribution in [1.82, 2.24) is 0 Å². The molecule has 14 nitrogen and oxygen atoms in total. The van der Waals surface area contributed by atoms with Gasteiger partial charge in [0.1, 0.15) is 54.9 Å². The van der Waals surface area contributed by atoms with Gasteiger partial charge < -0.3 is 64.2 Å². The molecule has 0 radical (unpaired) electrons. The van der Waals surface area contributed by atoms with E-state index < -0.39 is 86.7 Å². The van der Waals surface area contributed by atoms with Gasteiger partial charge in [-0.3, -0.25) is 4.79 Å². The van der Waals surface area contributed by atoms with Crippen molar-refractivity contribution in [1.29, 1.82) is 0 Å². The van der Waals surface area contributed by atoms with Crippen LogP contribution in [0, 0.1) is 0 Å². The number of hydrogen-bond donors (Lipinski definition) is 7. The molecule has 7 N–H and O–H groups in total. The van der Waals surface area contributed by atoms with Gasteiger partial charge in [0.05, 0.1) is 26.4 Å². The molecule has 2 saturated heterocycles. The molecular weight excluding hydrogens is 776 g/mol. The van der Waals surface area contributed by atoms with E-state index in [4.69, 9.17) is 28.4 Å². The first-order chi connectivity index (χ1) is 29.1. The molecule has 11 atom stereocenters. The summed E-state index contributed by atoms with van der Waals surface area (Å²) >= 11 is 0. The van der Waals surface area contributed by atoms with Crippen molar-refractivity contribution in [3.05, 3.63) is 24.3 Å². The van der Waals surface area contributed by atoms with Gasteiger partial charge in [0.15, 0.2) is 12.6 Å². The molecule has 2 aliphatic heterocycles. The van der Waals surface area contributed by atoms with E-state index in [0.717, 1.165) is 70.6 Å². The maximum atomic E-state index is 12.9. The summed E-state index contributed by atoms with van der Waals surface area (Å²) in [5.41, 5.74) is 0. The second kappa shape index (κ2) is 34.9. The minimum atomic E-state index is -1.71. The van der Waals surface area contributed by atoms with Crippen LogP contribution in [0.25, 0.3) is 0 Å². The lowest BCUT2D eigenvalue weighted by Gasteiger charge is -2.42. The third-order valence-electron chi connectivity index (χ3n) is 11.2. The minimum absolute atomic E-state index is 0.0556. The molecular formula is C46H84O14. The van der Waals surface area contributed by atoms with Gasteiger partial charge in [0.2, 0.25) is 0 Å². The predicted octanol–water partition coefficient (Wildman–Crippen LogP) is 5.68. The van der Waals surface area contributed by atoms with Gasteiger partial charge in [0, 0.05) is 13.0 Å². The first-order valence-electron chi connectivity index (χ1n) is 23.4. The van der Waals surface area contributed by atoms with Crippen LogP contribution < -0.4 is 0 Å². The Hall–Kier alpha value is -1.53. The number of rotatable bonds is 36. The quantitative estimate of drug-likeness (QED) is 0.0230. The van der Waals surface area contributed by atoms with Crippen LogP contribution in [0.5, 0.6) is 0 Å². The third kappa shape index (κ3) is 23.2. The van der Waals surface area contributed by atoms with Crippen LogP contribution in [0.4, 0.5) is 0 Å². The Morgan fingerprint density at radius 3 is 1.58 bits per heavy atom. The highest BCUT2D eigenvalue weighted by atomic mass is 16.7. The van der Waals surface area contributed by atoms with Crippen molar-refractivity contribution < 1.29 is 69.0 Å². The Balaban J connectivity index is 1.80. The molecule has 14 heteroatoms.